The van der Waals surface area contributed by atoms with Crippen molar-refractivity contribution < 1.29 is 0 Å². The Labute approximate surface area is 257 Å². The van der Waals surface area contributed by atoms with Gasteiger partial charge in [-0.3, -0.25) is 0 Å². The van der Waals surface area contributed by atoms with E-state index in [1.807, 2.05) is 0 Å². The quantitative estimate of drug-likeness (QED) is 0.196. The fraction of sp³-hybridized carbons (Fsp3) is 0. The highest BCUT2D eigenvalue weighted by molar-refractivity contribution is 6.24. The molecule has 0 unspecified atom stereocenters. The molecule has 0 amide bonds. The molecule has 0 aliphatic carbocycles. The van der Waals surface area contributed by atoms with Gasteiger partial charge >= 0.3 is 0 Å². The van der Waals surface area contributed by atoms with Gasteiger partial charge in [0.05, 0.1) is 44.3 Å². The van der Waals surface area contributed by atoms with E-state index in [0.717, 1.165) is 0 Å². The normalized spacial score (nSPS) is 12.4. The van der Waals surface area contributed by atoms with Gasteiger partial charge in [-0.05, 0) is 48.5 Å². The van der Waals surface area contributed by atoms with Crippen LogP contribution in [0.2, 0.25) is 0 Å². The molecular formula is C42H25N3. The number of fused-ring (bicyclic) bond motifs is 12. The topological polar surface area (TPSA) is 14.3 Å². The van der Waals surface area contributed by atoms with E-state index < -0.39 is 0 Å². The lowest BCUT2D eigenvalue weighted by Gasteiger charge is -2.15. The van der Waals surface area contributed by atoms with Crippen LogP contribution >= 0.6 is 0 Å². The van der Waals surface area contributed by atoms with Gasteiger partial charge in [-0.15, -0.1) is 0 Å². The zero-order valence-corrected chi connectivity index (χ0v) is 24.3. The van der Waals surface area contributed by atoms with Crippen molar-refractivity contribution in [2.75, 3.05) is 0 Å². The maximum atomic E-state index is 2.51. The molecule has 0 saturated heterocycles. The van der Waals surface area contributed by atoms with Gasteiger partial charge in [-0.25, -0.2) is 0 Å². The largest absolute Gasteiger partial charge is 0.308 e. The molecule has 0 atom stereocenters. The second-order valence-electron chi connectivity index (χ2n) is 12.2. The van der Waals surface area contributed by atoms with Crippen molar-refractivity contribution >= 4 is 81.7 Å². The minimum atomic E-state index is 1.18. The lowest BCUT2D eigenvalue weighted by Crippen LogP contribution is -2.00. The van der Waals surface area contributed by atoms with Crippen molar-refractivity contribution in [1.82, 2.24) is 13.5 Å². The SMILES string of the molecule is c1ccc2c(c1)c1ccccc1n2-c1cccc2c3ccccc3n(-c3cc4c5ccccc5n5c6ccccc6c(c3)c45)c12. The summed E-state index contributed by atoms with van der Waals surface area (Å²) in [5, 5.41) is 10.2. The summed E-state index contributed by atoms with van der Waals surface area (Å²) in [5.74, 6) is 0. The average molecular weight is 572 g/mol. The van der Waals surface area contributed by atoms with E-state index in [1.165, 1.54) is 93.1 Å². The first-order valence-electron chi connectivity index (χ1n) is 15.5. The molecule has 7 aromatic carbocycles. The van der Waals surface area contributed by atoms with Crippen LogP contribution in [0, 0.1) is 0 Å². The lowest BCUT2D eigenvalue weighted by atomic mass is 10.1. The third kappa shape index (κ3) is 2.86. The average Bonchev–Trinajstić information content (AvgIpc) is 3.82. The predicted octanol–water partition coefficient (Wildman–Crippen LogP) is 11.0. The van der Waals surface area contributed by atoms with Gasteiger partial charge in [-0.1, -0.05) is 103 Å². The van der Waals surface area contributed by atoms with E-state index in [0.29, 0.717) is 0 Å². The molecule has 0 N–H and O–H groups in total. The van der Waals surface area contributed by atoms with Crippen LogP contribution in [0.1, 0.15) is 0 Å². The molecule has 4 heterocycles. The standard InChI is InChI=1S/C42H25N3/c1-7-19-36-27(12-1)28-13-2-8-20-37(28)44(36)40-23-11-17-32-29-14-3-6-18-35(29)43(42(32)40)26-24-33-30-15-4-9-21-38(30)45-39-22-10-5-16-31(39)34(25-26)41(33)45/h1-25H. The van der Waals surface area contributed by atoms with Crippen molar-refractivity contribution in [2.24, 2.45) is 0 Å². The predicted molar refractivity (Wildman–Crippen MR) is 190 cm³/mol. The Kier molecular flexibility index (Phi) is 4.32. The van der Waals surface area contributed by atoms with Gasteiger partial charge in [0.2, 0.25) is 0 Å². The van der Waals surface area contributed by atoms with Crippen molar-refractivity contribution in [3.63, 3.8) is 0 Å². The van der Waals surface area contributed by atoms with Gasteiger partial charge in [-0.2, -0.15) is 0 Å². The Morgan fingerprint density at radius 2 is 0.689 bits per heavy atom. The minimum Gasteiger partial charge on any atom is -0.308 e. The number of benzene rings is 7. The van der Waals surface area contributed by atoms with E-state index in [1.54, 1.807) is 0 Å². The van der Waals surface area contributed by atoms with E-state index in [2.05, 4.69) is 165 Å². The Hall–Kier alpha value is -6.06. The Morgan fingerprint density at radius 1 is 0.289 bits per heavy atom. The van der Waals surface area contributed by atoms with Gasteiger partial charge < -0.3 is 13.5 Å². The number of para-hydroxylation sites is 6. The summed E-state index contributed by atoms with van der Waals surface area (Å²) in [6.45, 7) is 0. The fourth-order valence-corrected chi connectivity index (χ4v) is 8.19. The molecule has 208 valence electrons. The molecule has 0 aliphatic rings. The minimum absolute atomic E-state index is 1.18. The maximum Gasteiger partial charge on any atom is 0.0782 e. The summed E-state index contributed by atoms with van der Waals surface area (Å²) in [5.41, 5.74) is 11.0. The monoisotopic (exact) mass is 571 g/mol. The molecule has 45 heavy (non-hydrogen) atoms. The van der Waals surface area contributed by atoms with Crippen molar-refractivity contribution in [1.29, 1.82) is 0 Å². The van der Waals surface area contributed by atoms with Crippen LogP contribution in [0.15, 0.2) is 152 Å². The molecular weight excluding hydrogens is 546 g/mol. The highest BCUT2D eigenvalue weighted by atomic mass is 15.1. The van der Waals surface area contributed by atoms with Gasteiger partial charge in [0.1, 0.15) is 0 Å². The molecule has 11 rings (SSSR count). The third-order valence-corrected chi connectivity index (χ3v) is 9.94. The fourth-order valence-electron chi connectivity index (χ4n) is 8.19. The van der Waals surface area contributed by atoms with Crippen LogP contribution in [0.25, 0.3) is 93.1 Å². The summed E-state index contributed by atoms with van der Waals surface area (Å²) in [6.07, 6.45) is 0. The molecule has 0 aliphatic heterocycles. The first-order valence-corrected chi connectivity index (χ1v) is 15.5. The summed E-state index contributed by atoms with van der Waals surface area (Å²) in [4.78, 5) is 0. The molecule has 3 heteroatoms. The lowest BCUT2D eigenvalue weighted by molar-refractivity contribution is 1.13. The molecule has 0 fully saturated rings. The van der Waals surface area contributed by atoms with Crippen LogP contribution in [-0.2, 0) is 0 Å². The molecule has 0 bridgehead atoms. The zero-order valence-electron chi connectivity index (χ0n) is 24.3. The molecule has 0 saturated carbocycles. The van der Waals surface area contributed by atoms with Gasteiger partial charge in [0.25, 0.3) is 0 Å². The number of hydrogen-bond donors (Lipinski definition) is 0. The molecule has 11 aromatic rings. The van der Waals surface area contributed by atoms with Crippen LogP contribution in [0.3, 0.4) is 0 Å². The number of nitrogens with zero attached hydrogens (tertiary/aromatic N) is 3. The smallest absolute Gasteiger partial charge is 0.0782 e. The van der Waals surface area contributed by atoms with Crippen molar-refractivity contribution in [3.8, 4) is 11.4 Å². The zero-order chi connectivity index (χ0) is 29.2. The van der Waals surface area contributed by atoms with Crippen molar-refractivity contribution in [3.05, 3.63) is 152 Å². The first kappa shape index (κ1) is 23.4. The number of aromatic nitrogens is 3. The third-order valence-electron chi connectivity index (χ3n) is 9.94. The van der Waals surface area contributed by atoms with Crippen LogP contribution < -0.4 is 0 Å². The molecule has 0 radical (unpaired) electrons. The summed E-state index contributed by atoms with van der Waals surface area (Å²) in [7, 11) is 0. The van der Waals surface area contributed by atoms with E-state index in [9.17, 15) is 0 Å². The number of rotatable bonds is 2. The highest BCUT2D eigenvalue weighted by Gasteiger charge is 2.22. The number of hydrogen-bond acceptors (Lipinski definition) is 0. The van der Waals surface area contributed by atoms with Crippen LogP contribution in [-0.4, -0.2) is 13.5 Å². The molecule has 0 spiro atoms. The second-order valence-corrected chi connectivity index (χ2v) is 12.2. The summed E-state index contributed by atoms with van der Waals surface area (Å²) in [6, 6.07) is 55.7. The summed E-state index contributed by atoms with van der Waals surface area (Å²) >= 11 is 0. The molecule has 4 aromatic heterocycles. The van der Waals surface area contributed by atoms with E-state index in [-0.39, 0.29) is 0 Å². The summed E-state index contributed by atoms with van der Waals surface area (Å²) < 4.78 is 7.42. The van der Waals surface area contributed by atoms with Crippen LogP contribution in [0.4, 0.5) is 0 Å². The Bertz CT molecular complexity index is 2850. The van der Waals surface area contributed by atoms with Crippen LogP contribution in [0.5, 0.6) is 0 Å². The molecule has 3 nitrogen and oxygen atoms in total. The van der Waals surface area contributed by atoms with Gasteiger partial charge in [0.15, 0.2) is 0 Å². The maximum absolute atomic E-state index is 2.51. The Balaban J connectivity index is 1.36. The Morgan fingerprint density at radius 3 is 1.22 bits per heavy atom. The van der Waals surface area contributed by atoms with Crippen molar-refractivity contribution in [2.45, 2.75) is 0 Å². The van der Waals surface area contributed by atoms with E-state index >= 15 is 0 Å². The van der Waals surface area contributed by atoms with Gasteiger partial charge in [0, 0.05) is 48.8 Å². The first-order chi connectivity index (χ1) is 22.4. The van der Waals surface area contributed by atoms with E-state index in [4.69, 9.17) is 0 Å². The highest BCUT2D eigenvalue weighted by Crippen LogP contribution is 2.43. The second kappa shape index (κ2) is 8.31.